The minimum absolute atomic E-state index is 0.0666. The van der Waals surface area contributed by atoms with Gasteiger partial charge in [0.2, 0.25) is 0 Å². The van der Waals surface area contributed by atoms with Gasteiger partial charge in [-0.3, -0.25) is 14.4 Å². The van der Waals surface area contributed by atoms with E-state index in [1.807, 2.05) is 0 Å². The Morgan fingerprint density at radius 3 is 0.740 bits per heavy atom. The normalized spacial score (nSPS) is 12.1. The lowest BCUT2D eigenvalue weighted by Crippen LogP contribution is -2.30. The van der Waals surface area contributed by atoms with Crippen LogP contribution in [0.4, 0.5) is 0 Å². The fraction of sp³-hybridized carbons (Fsp3) is 0.901. The molecule has 454 valence electrons. The number of rotatable bonds is 65. The molecule has 0 aromatic heterocycles. The van der Waals surface area contributed by atoms with E-state index in [1.165, 1.54) is 289 Å². The van der Waals surface area contributed by atoms with E-state index in [0.29, 0.717) is 19.3 Å². The smallest absolute Gasteiger partial charge is 0.306 e. The molecule has 6 heteroatoms. The highest BCUT2D eigenvalue weighted by molar-refractivity contribution is 5.71. The molecule has 0 aliphatic heterocycles. The first-order valence-corrected chi connectivity index (χ1v) is 34.8. The molecule has 0 aromatic carbocycles. The topological polar surface area (TPSA) is 78.9 Å². The third-order valence-corrected chi connectivity index (χ3v) is 16.0. The van der Waals surface area contributed by atoms with Gasteiger partial charge in [0.15, 0.2) is 6.10 Å². The summed E-state index contributed by atoms with van der Waals surface area (Å²) in [6, 6.07) is 0. The Labute approximate surface area is 481 Å². The first kappa shape index (κ1) is 74.9. The van der Waals surface area contributed by atoms with E-state index in [0.717, 1.165) is 64.2 Å². The van der Waals surface area contributed by atoms with Gasteiger partial charge in [-0.05, 0) is 51.4 Å². The van der Waals surface area contributed by atoms with Gasteiger partial charge in [-0.15, -0.1) is 0 Å². The van der Waals surface area contributed by atoms with E-state index >= 15 is 0 Å². The Hall–Kier alpha value is -2.11. The standard InChI is InChI=1S/C71H134O6/c1-4-7-10-13-16-19-22-25-27-29-31-32-33-34-35-36-37-38-39-41-42-44-46-49-52-55-58-61-64-70(73)76-67-68(66-75-69(72)63-60-57-54-51-48-24-21-18-15-12-9-6-3)77-71(74)65-62-59-56-53-50-47-45-43-40-30-28-26-23-20-17-14-11-8-5-2/h17,20,26,28,68H,4-16,18-19,21-25,27,29-67H2,1-3H3/b20-17-,28-26-. The van der Waals surface area contributed by atoms with Gasteiger partial charge in [-0.1, -0.05) is 347 Å². The number of carbonyl (C=O) groups is 3. The quantitative estimate of drug-likeness (QED) is 0.0261. The molecule has 0 amide bonds. The molecule has 6 nitrogen and oxygen atoms in total. The maximum absolute atomic E-state index is 12.9. The number of hydrogen-bond donors (Lipinski definition) is 0. The number of ether oxygens (including phenoxy) is 3. The second-order valence-electron chi connectivity index (χ2n) is 23.8. The maximum atomic E-state index is 12.9. The van der Waals surface area contributed by atoms with Crippen molar-refractivity contribution in [2.45, 2.75) is 399 Å². The lowest BCUT2D eigenvalue weighted by Gasteiger charge is -2.18. The number of hydrogen-bond acceptors (Lipinski definition) is 6. The van der Waals surface area contributed by atoms with Gasteiger partial charge in [0.25, 0.3) is 0 Å². The fourth-order valence-electron chi connectivity index (χ4n) is 10.7. The highest BCUT2D eigenvalue weighted by Gasteiger charge is 2.19. The molecule has 1 unspecified atom stereocenters. The van der Waals surface area contributed by atoms with Gasteiger partial charge in [-0.2, -0.15) is 0 Å². The van der Waals surface area contributed by atoms with Crippen molar-refractivity contribution in [3.05, 3.63) is 24.3 Å². The molecular weight excluding hydrogens is 949 g/mol. The zero-order valence-electron chi connectivity index (χ0n) is 52.3. The van der Waals surface area contributed by atoms with Crippen molar-refractivity contribution in [1.82, 2.24) is 0 Å². The van der Waals surface area contributed by atoms with Crippen molar-refractivity contribution in [3.8, 4) is 0 Å². The van der Waals surface area contributed by atoms with E-state index in [2.05, 4.69) is 45.1 Å². The second-order valence-corrected chi connectivity index (χ2v) is 23.8. The predicted molar refractivity (Wildman–Crippen MR) is 335 cm³/mol. The highest BCUT2D eigenvalue weighted by Crippen LogP contribution is 2.19. The Kier molecular flexibility index (Phi) is 64.6. The van der Waals surface area contributed by atoms with Gasteiger partial charge in [-0.25, -0.2) is 0 Å². The highest BCUT2D eigenvalue weighted by atomic mass is 16.6. The van der Waals surface area contributed by atoms with Crippen molar-refractivity contribution in [2.24, 2.45) is 0 Å². The van der Waals surface area contributed by atoms with Crippen molar-refractivity contribution in [2.75, 3.05) is 13.2 Å². The summed E-state index contributed by atoms with van der Waals surface area (Å²) in [5.74, 6) is -0.841. The molecular formula is C71H134O6. The second kappa shape index (κ2) is 66.4. The van der Waals surface area contributed by atoms with E-state index in [4.69, 9.17) is 14.2 Å². The third-order valence-electron chi connectivity index (χ3n) is 16.0. The molecule has 0 fully saturated rings. The molecule has 77 heavy (non-hydrogen) atoms. The number of carbonyl (C=O) groups excluding carboxylic acids is 3. The first-order chi connectivity index (χ1) is 38.0. The van der Waals surface area contributed by atoms with Crippen molar-refractivity contribution < 1.29 is 28.6 Å². The monoisotopic (exact) mass is 1080 g/mol. The van der Waals surface area contributed by atoms with Crippen LogP contribution in [0, 0.1) is 0 Å². The van der Waals surface area contributed by atoms with E-state index in [-0.39, 0.29) is 31.1 Å². The lowest BCUT2D eigenvalue weighted by molar-refractivity contribution is -0.167. The van der Waals surface area contributed by atoms with Crippen LogP contribution >= 0.6 is 0 Å². The van der Waals surface area contributed by atoms with Gasteiger partial charge in [0.05, 0.1) is 0 Å². The Morgan fingerprint density at radius 1 is 0.260 bits per heavy atom. The molecule has 0 rings (SSSR count). The fourth-order valence-corrected chi connectivity index (χ4v) is 10.7. The first-order valence-electron chi connectivity index (χ1n) is 34.8. The zero-order chi connectivity index (χ0) is 55.7. The summed E-state index contributed by atoms with van der Waals surface area (Å²) in [7, 11) is 0. The Morgan fingerprint density at radius 2 is 0.468 bits per heavy atom. The molecule has 0 N–H and O–H groups in total. The van der Waals surface area contributed by atoms with E-state index in [1.54, 1.807) is 0 Å². The molecule has 0 bridgehead atoms. The summed E-state index contributed by atoms with van der Waals surface area (Å²) in [6.45, 7) is 6.69. The van der Waals surface area contributed by atoms with Gasteiger partial charge in [0.1, 0.15) is 13.2 Å². The van der Waals surface area contributed by atoms with E-state index in [9.17, 15) is 14.4 Å². The largest absolute Gasteiger partial charge is 0.462 e. The molecule has 0 radical (unpaired) electrons. The number of esters is 3. The molecule has 0 spiro atoms. The van der Waals surface area contributed by atoms with Crippen LogP contribution in [0.3, 0.4) is 0 Å². The van der Waals surface area contributed by atoms with Crippen molar-refractivity contribution in [3.63, 3.8) is 0 Å². The molecule has 1 atom stereocenters. The predicted octanol–water partition coefficient (Wildman–Crippen LogP) is 23.8. The van der Waals surface area contributed by atoms with Crippen LogP contribution in [0.1, 0.15) is 393 Å². The maximum Gasteiger partial charge on any atom is 0.306 e. The minimum atomic E-state index is -0.770. The summed E-state index contributed by atoms with van der Waals surface area (Å²) in [6.07, 6.45) is 80.7. The zero-order valence-corrected chi connectivity index (χ0v) is 52.3. The summed E-state index contributed by atoms with van der Waals surface area (Å²) in [4.78, 5) is 38.3. The van der Waals surface area contributed by atoms with Crippen molar-refractivity contribution >= 4 is 17.9 Å². The number of unbranched alkanes of at least 4 members (excludes halogenated alkanes) is 50. The molecule has 0 heterocycles. The summed E-state index contributed by atoms with van der Waals surface area (Å²) in [5, 5.41) is 0. The molecule has 0 aliphatic carbocycles. The number of allylic oxidation sites excluding steroid dienone is 4. The molecule has 0 aliphatic rings. The van der Waals surface area contributed by atoms with Crippen LogP contribution in [0.25, 0.3) is 0 Å². The van der Waals surface area contributed by atoms with Gasteiger partial charge < -0.3 is 14.2 Å². The van der Waals surface area contributed by atoms with Crippen LogP contribution in [-0.2, 0) is 28.6 Å². The molecule has 0 saturated carbocycles. The van der Waals surface area contributed by atoms with Crippen LogP contribution < -0.4 is 0 Å². The minimum Gasteiger partial charge on any atom is -0.462 e. The van der Waals surface area contributed by atoms with Gasteiger partial charge in [0, 0.05) is 19.3 Å². The van der Waals surface area contributed by atoms with Crippen LogP contribution in [-0.4, -0.2) is 37.2 Å². The third kappa shape index (κ3) is 64.6. The molecule has 0 aromatic rings. The van der Waals surface area contributed by atoms with E-state index < -0.39 is 6.10 Å². The van der Waals surface area contributed by atoms with Crippen LogP contribution in [0.5, 0.6) is 0 Å². The van der Waals surface area contributed by atoms with Crippen molar-refractivity contribution in [1.29, 1.82) is 0 Å². The van der Waals surface area contributed by atoms with Gasteiger partial charge >= 0.3 is 17.9 Å². The Bertz CT molecular complexity index is 1240. The van der Waals surface area contributed by atoms with Crippen LogP contribution in [0.2, 0.25) is 0 Å². The summed E-state index contributed by atoms with van der Waals surface area (Å²) in [5.41, 5.74) is 0. The van der Waals surface area contributed by atoms with Crippen LogP contribution in [0.15, 0.2) is 24.3 Å². The average molecular weight is 1080 g/mol. The average Bonchev–Trinajstić information content (AvgIpc) is 3.43. The lowest BCUT2D eigenvalue weighted by atomic mass is 10.0. The Balaban J connectivity index is 4.16. The summed E-state index contributed by atoms with van der Waals surface area (Å²) < 4.78 is 17.0. The SMILES string of the molecule is CCCCC/C=C\C/C=C\CCCCCCCCCCCC(=O)OC(COC(=O)CCCCCCCCCCCCCC)COC(=O)CCCCCCCCCCCCCCCCCCCCCCCCCCCCCC. The molecule has 0 saturated heterocycles. The summed E-state index contributed by atoms with van der Waals surface area (Å²) >= 11 is 0.